The Morgan fingerprint density at radius 3 is 2.44 bits per heavy atom. The van der Waals surface area contributed by atoms with Crippen LogP contribution in [0.5, 0.6) is 0 Å². The normalized spacial score (nSPS) is 11.5. The third kappa shape index (κ3) is 4.85. The molecule has 99 valence electrons. The van der Waals surface area contributed by atoms with Crippen LogP contribution in [0.4, 0.5) is 0 Å². The molecule has 1 amide bonds. The fourth-order valence-electron chi connectivity index (χ4n) is 1.48. The second-order valence-corrected chi connectivity index (χ2v) is 5.91. The molecule has 0 unspecified atom stereocenters. The number of nitrogens with one attached hydrogen (secondary N) is 1. The molecule has 1 aromatic rings. The minimum absolute atomic E-state index is 0.199. The first-order valence-corrected chi connectivity index (χ1v) is 7.33. The standard InChI is InChI=1S/C12H17N2O3S/c1-13-12(15)10-14(18(2,16)17)9-8-11-6-4-3-5-7-11/h3-7H,1,8-10H2,2H3,(H,13,15). The monoisotopic (exact) mass is 269 g/mol. The highest BCUT2D eigenvalue weighted by Crippen LogP contribution is 2.04. The summed E-state index contributed by atoms with van der Waals surface area (Å²) in [6.45, 7) is 0.0748. The number of benzene rings is 1. The third-order valence-electron chi connectivity index (χ3n) is 2.48. The van der Waals surface area contributed by atoms with Gasteiger partial charge in [0.25, 0.3) is 0 Å². The Bertz CT molecular complexity index is 485. The molecule has 0 spiro atoms. The van der Waals surface area contributed by atoms with Gasteiger partial charge in [0, 0.05) is 13.6 Å². The minimum atomic E-state index is -3.40. The lowest BCUT2D eigenvalue weighted by molar-refractivity contribution is -0.120. The molecule has 6 heteroatoms. The lowest BCUT2D eigenvalue weighted by Crippen LogP contribution is -2.39. The Labute approximate surface area is 108 Å². The molecule has 0 aromatic heterocycles. The van der Waals surface area contributed by atoms with Crippen LogP contribution in [0.25, 0.3) is 0 Å². The van der Waals surface area contributed by atoms with Crippen molar-refractivity contribution in [3.8, 4) is 0 Å². The van der Waals surface area contributed by atoms with Crippen LogP contribution >= 0.6 is 0 Å². The van der Waals surface area contributed by atoms with Crippen LogP contribution in [0.3, 0.4) is 0 Å². The van der Waals surface area contributed by atoms with E-state index in [2.05, 4.69) is 12.4 Å². The zero-order valence-electron chi connectivity index (χ0n) is 10.3. The second kappa shape index (κ2) is 6.51. The fraction of sp³-hybridized carbons (Fsp3) is 0.333. The molecule has 0 aliphatic carbocycles. The van der Waals surface area contributed by atoms with E-state index in [0.29, 0.717) is 6.42 Å². The van der Waals surface area contributed by atoms with Gasteiger partial charge in [-0.3, -0.25) is 4.79 Å². The molecule has 0 aliphatic rings. The van der Waals surface area contributed by atoms with E-state index in [9.17, 15) is 13.2 Å². The van der Waals surface area contributed by atoms with E-state index < -0.39 is 15.9 Å². The van der Waals surface area contributed by atoms with Crippen LogP contribution in [-0.4, -0.2) is 38.0 Å². The number of carbonyl (C=O) groups excluding carboxylic acids is 1. The second-order valence-electron chi connectivity index (χ2n) is 3.93. The summed E-state index contributed by atoms with van der Waals surface area (Å²) in [5.41, 5.74) is 1.03. The lowest BCUT2D eigenvalue weighted by atomic mass is 10.1. The van der Waals surface area contributed by atoms with Crippen LogP contribution < -0.4 is 5.32 Å². The molecule has 0 saturated carbocycles. The smallest absolute Gasteiger partial charge is 0.235 e. The quantitative estimate of drug-likeness (QED) is 0.813. The molecule has 0 atom stereocenters. The van der Waals surface area contributed by atoms with Gasteiger partial charge in [-0.05, 0) is 12.0 Å². The average molecular weight is 269 g/mol. The zero-order valence-corrected chi connectivity index (χ0v) is 11.1. The Morgan fingerprint density at radius 1 is 1.33 bits per heavy atom. The Kier molecular flexibility index (Phi) is 5.30. The summed E-state index contributed by atoms with van der Waals surface area (Å²) in [4.78, 5) is 11.2. The summed E-state index contributed by atoms with van der Waals surface area (Å²) >= 11 is 0. The molecule has 1 N–H and O–H groups in total. The Balaban J connectivity index is 2.66. The Hall–Kier alpha value is -1.40. The van der Waals surface area contributed by atoms with Gasteiger partial charge in [-0.25, -0.2) is 8.42 Å². The van der Waals surface area contributed by atoms with Crippen LogP contribution in [0.15, 0.2) is 30.3 Å². The molecule has 0 saturated heterocycles. The largest absolute Gasteiger partial charge is 0.353 e. The molecular weight excluding hydrogens is 252 g/mol. The topological polar surface area (TPSA) is 66.5 Å². The van der Waals surface area contributed by atoms with Gasteiger partial charge in [-0.15, -0.1) is 0 Å². The highest BCUT2D eigenvalue weighted by molar-refractivity contribution is 7.88. The Morgan fingerprint density at radius 2 is 1.94 bits per heavy atom. The number of nitrogens with zero attached hydrogens (tertiary/aromatic N) is 1. The van der Waals surface area contributed by atoms with Crippen LogP contribution in [0.2, 0.25) is 0 Å². The van der Waals surface area contributed by atoms with Gasteiger partial charge >= 0.3 is 0 Å². The predicted molar refractivity (Wildman–Crippen MR) is 70.1 cm³/mol. The van der Waals surface area contributed by atoms with E-state index >= 15 is 0 Å². The molecular formula is C12H17N2O3S. The number of rotatable bonds is 6. The molecule has 0 heterocycles. The van der Waals surface area contributed by atoms with Crippen molar-refractivity contribution in [3.05, 3.63) is 42.9 Å². The van der Waals surface area contributed by atoms with Gasteiger partial charge in [-0.2, -0.15) is 4.31 Å². The van der Waals surface area contributed by atoms with Gasteiger partial charge in [0.05, 0.1) is 12.8 Å². The van der Waals surface area contributed by atoms with Crippen LogP contribution in [0, 0.1) is 7.05 Å². The highest BCUT2D eigenvalue weighted by Gasteiger charge is 2.19. The summed E-state index contributed by atoms with van der Waals surface area (Å²) in [6, 6.07) is 9.52. The van der Waals surface area contributed by atoms with E-state index in [1.165, 1.54) is 0 Å². The number of amides is 1. The van der Waals surface area contributed by atoms with Crippen molar-refractivity contribution in [3.63, 3.8) is 0 Å². The van der Waals surface area contributed by atoms with E-state index in [1.807, 2.05) is 30.3 Å². The maximum atomic E-state index is 11.5. The summed E-state index contributed by atoms with van der Waals surface area (Å²) in [6.07, 6.45) is 1.66. The van der Waals surface area contributed by atoms with Crippen molar-refractivity contribution >= 4 is 15.9 Å². The lowest BCUT2D eigenvalue weighted by Gasteiger charge is -2.18. The fourth-order valence-corrected chi connectivity index (χ4v) is 2.25. The van der Waals surface area contributed by atoms with E-state index in [4.69, 9.17) is 0 Å². The molecule has 0 bridgehead atoms. The molecule has 1 radical (unpaired) electrons. The van der Waals surface area contributed by atoms with Gasteiger partial charge in [0.1, 0.15) is 0 Å². The van der Waals surface area contributed by atoms with Crippen molar-refractivity contribution in [2.45, 2.75) is 6.42 Å². The maximum Gasteiger partial charge on any atom is 0.235 e. The molecule has 0 aliphatic heterocycles. The predicted octanol–water partition coefficient (Wildman–Crippen LogP) is 0.398. The molecule has 0 fully saturated rings. The third-order valence-corrected chi connectivity index (χ3v) is 3.73. The summed E-state index contributed by atoms with van der Waals surface area (Å²) in [7, 11) is -0.178. The summed E-state index contributed by atoms with van der Waals surface area (Å²) in [5.74, 6) is -0.423. The molecule has 18 heavy (non-hydrogen) atoms. The van der Waals surface area contributed by atoms with Crippen molar-refractivity contribution in [1.82, 2.24) is 9.62 Å². The van der Waals surface area contributed by atoms with Gasteiger partial charge < -0.3 is 5.32 Å². The molecule has 1 aromatic carbocycles. The van der Waals surface area contributed by atoms with Crippen LogP contribution in [-0.2, 0) is 21.2 Å². The summed E-state index contributed by atoms with van der Waals surface area (Å²) < 4.78 is 24.2. The van der Waals surface area contributed by atoms with E-state index in [0.717, 1.165) is 16.1 Å². The van der Waals surface area contributed by atoms with E-state index in [1.54, 1.807) is 0 Å². The highest BCUT2D eigenvalue weighted by atomic mass is 32.2. The number of hydrogen-bond donors (Lipinski definition) is 1. The maximum absolute atomic E-state index is 11.5. The van der Waals surface area contributed by atoms with Crippen molar-refractivity contribution < 1.29 is 13.2 Å². The van der Waals surface area contributed by atoms with Crippen molar-refractivity contribution in [2.24, 2.45) is 0 Å². The zero-order chi connectivity index (χ0) is 13.6. The molecule has 5 nitrogen and oxygen atoms in total. The number of hydrogen-bond acceptors (Lipinski definition) is 3. The minimum Gasteiger partial charge on any atom is -0.353 e. The van der Waals surface area contributed by atoms with Gasteiger partial charge in [0.15, 0.2) is 0 Å². The van der Waals surface area contributed by atoms with Gasteiger partial charge in [0.2, 0.25) is 15.9 Å². The van der Waals surface area contributed by atoms with Crippen molar-refractivity contribution in [2.75, 3.05) is 19.3 Å². The molecule has 1 rings (SSSR count). The summed E-state index contributed by atoms with van der Waals surface area (Å²) in [5, 5.41) is 2.17. The number of carbonyl (C=O) groups is 1. The first-order valence-electron chi connectivity index (χ1n) is 5.48. The first kappa shape index (κ1) is 14.7. The van der Waals surface area contributed by atoms with Crippen molar-refractivity contribution in [1.29, 1.82) is 0 Å². The van der Waals surface area contributed by atoms with E-state index in [-0.39, 0.29) is 13.1 Å². The SMILES string of the molecule is [CH2]NC(=O)CN(CCc1ccccc1)S(C)(=O)=O. The first-order chi connectivity index (χ1) is 8.43. The van der Waals surface area contributed by atoms with Crippen LogP contribution in [0.1, 0.15) is 5.56 Å². The van der Waals surface area contributed by atoms with Gasteiger partial charge in [-0.1, -0.05) is 30.3 Å². The number of sulfonamides is 1. The average Bonchev–Trinajstić information content (AvgIpc) is 2.34.